The van der Waals surface area contributed by atoms with Crippen molar-refractivity contribution in [2.45, 2.75) is 43.7 Å². The molecule has 0 unspecified atom stereocenters. The second-order valence-corrected chi connectivity index (χ2v) is 6.57. The number of rotatable bonds is 3. The lowest BCUT2D eigenvalue weighted by atomic mass is 9.81. The predicted molar refractivity (Wildman–Crippen MR) is 82.3 cm³/mol. The Labute approximate surface area is 130 Å². The summed E-state index contributed by atoms with van der Waals surface area (Å²) in [6.07, 6.45) is 3.63. The number of benzene rings is 1. The molecule has 1 amide bonds. The molecule has 5 heteroatoms. The molecule has 0 bridgehead atoms. The van der Waals surface area contributed by atoms with Crippen LogP contribution in [0.25, 0.3) is 0 Å². The highest BCUT2D eigenvalue weighted by Crippen LogP contribution is 2.40. The van der Waals surface area contributed by atoms with Gasteiger partial charge in [0.15, 0.2) is 0 Å². The fraction of sp³-hybridized carbons (Fsp3) is 0.529. The molecule has 0 radical (unpaired) electrons. The molecule has 1 spiro atoms. The molecule has 1 saturated carbocycles. The molecule has 2 N–H and O–H groups in total. The zero-order chi connectivity index (χ0) is 15.8. The van der Waals surface area contributed by atoms with E-state index in [9.17, 15) is 14.7 Å². The minimum absolute atomic E-state index is 0.0648. The van der Waals surface area contributed by atoms with Gasteiger partial charge in [0.1, 0.15) is 6.54 Å². The highest BCUT2D eigenvalue weighted by atomic mass is 16.4. The summed E-state index contributed by atoms with van der Waals surface area (Å²) >= 11 is 0. The van der Waals surface area contributed by atoms with Crippen LogP contribution in [-0.2, 0) is 15.1 Å². The van der Waals surface area contributed by atoms with Crippen molar-refractivity contribution in [3.8, 4) is 0 Å². The molecular weight excluding hydrogens is 280 g/mol. The number of hydrogen-bond donors (Lipinski definition) is 2. The van der Waals surface area contributed by atoms with E-state index in [4.69, 9.17) is 0 Å². The topological polar surface area (TPSA) is 69.6 Å². The van der Waals surface area contributed by atoms with Crippen LogP contribution in [0, 0.1) is 0 Å². The zero-order valence-corrected chi connectivity index (χ0v) is 12.8. The Hall–Kier alpha value is -1.88. The Morgan fingerprint density at radius 1 is 1.27 bits per heavy atom. The minimum atomic E-state index is -0.967. The van der Waals surface area contributed by atoms with Gasteiger partial charge in [-0.25, -0.2) is 0 Å². The van der Waals surface area contributed by atoms with Crippen molar-refractivity contribution in [1.82, 2.24) is 10.2 Å². The van der Waals surface area contributed by atoms with Gasteiger partial charge in [-0.2, -0.15) is 0 Å². The molecule has 5 nitrogen and oxygen atoms in total. The Morgan fingerprint density at radius 3 is 2.50 bits per heavy atom. The summed E-state index contributed by atoms with van der Waals surface area (Å²) in [6.45, 7) is 2.27. The van der Waals surface area contributed by atoms with Gasteiger partial charge in [-0.15, -0.1) is 0 Å². The summed E-state index contributed by atoms with van der Waals surface area (Å²) in [5.74, 6) is -1.03. The summed E-state index contributed by atoms with van der Waals surface area (Å²) in [6, 6.07) is 9.67. The number of carbonyl (C=O) groups excluding carboxylic acids is 1. The number of carboxylic acid groups (broad SMARTS) is 1. The van der Waals surface area contributed by atoms with Gasteiger partial charge in [0, 0.05) is 6.54 Å². The number of piperazine rings is 1. The molecule has 2 fully saturated rings. The van der Waals surface area contributed by atoms with Gasteiger partial charge in [0.05, 0.1) is 11.1 Å². The standard InChI is InChI=1S/C17H22N2O3/c1-16(13-7-3-2-4-8-13)12-18-17(9-5-6-10-17)15(22)19(16)11-14(20)21/h2-4,7-8,18H,5-6,9-12H2,1H3,(H,20,21)/t16-/m0/s1. The highest BCUT2D eigenvalue weighted by molar-refractivity contribution is 5.91. The van der Waals surface area contributed by atoms with Crippen molar-refractivity contribution >= 4 is 11.9 Å². The molecule has 1 aliphatic heterocycles. The van der Waals surface area contributed by atoms with Crippen molar-refractivity contribution in [3.05, 3.63) is 35.9 Å². The smallest absolute Gasteiger partial charge is 0.323 e. The van der Waals surface area contributed by atoms with Gasteiger partial charge in [-0.1, -0.05) is 43.2 Å². The number of nitrogens with one attached hydrogen (secondary N) is 1. The van der Waals surface area contributed by atoms with Gasteiger partial charge in [-0.05, 0) is 25.3 Å². The Bertz CT molecular complexity index is 581. The summed E-state index contributed by atoms with van der Waals surface area (Å²) in [5, 5.41) is 12.7. The van der Waals surface area contributed by atoms with E-state index in [1.165, 1.54) is 0 Å². The van der Waals surface area contributed by atoms with Crippen LogP contribution in [0.5, 0.6) is 0 Å². The third-order valence-corrected chi connectivity index (χ3v) is 5.17. The average molecular weight is 302 g/mol. The van der Waals surface area contributed by atoms with Crippen molar-refractivity contribution in [2.24, 2.45) is 0 Å². The van der Waals surface area contributed by atoms with E-state index < -0.39 is 17.0 Å². The van der Waals surface area contributed by atoms with Crippen LogP contribution in [0.1, 0.15) is 38.2 Å². The monoisotopic (exact) mass is 302 g/mol. The molecule has 1 aromatic carbocycles. The SMILES string of the molecule is C[C@@]1(c2ccccc2)CNC2(CCCC2)C(=O)N1CC(=O)O. The first-order chi connectivity index (χ1) is 10.5. The molecule has 1 atom stereocenters. The van der Waals surface area contributed by atoms with Crippen LogP contribution in [-0.4, -0.2) is 40.5 Å². The maximum atomic E-state index is 13.1. The van der Waals surface area contributed by atoms with E-state index in [0.717, 1.165) is 31.2 Å². The molecular formula is C17H22N2O3. The molecule has 22 heavy (non-hydrogen) atoms. The van der Waals surface area contributed by atoms with Crippen molar-refractivity contribution in [2.75, 3.05) is 13.1 Å². The number of carboxylic acids is 1. The van der Waals surface area contributed by atoms with Gasteiger partial charge < -0.3 is 15.3 Å². The third kappa shape index (κ3) is 2.29. The quantitative estimate of drug-likeness (QED) is 0.892. The molecule has 1 aromatic rings. The summed E-state index contributed by atoms with van der Waals surface area (Å²) < 4.78 is 0. The lowest BCUT2D eigenvalue weighted by Gasteiger charge is -2.51. The lowest BCUT2D eigenvalue weighted by Crippen LogP contribution is -2.70. The van der Waals surface area contributed by atoms with E-state index >= 15 is 0 Å². The van der Waals surface area contributed by atoms with E-state index in [2.05, 4.69) is 5.32 Å². The molecule has 1 aliphatic carbocycles. The van der Waals surface area contributed by atoms with Gasteiger partial charge in [0.25, 0.3) is 0 Å². The second-order valence-electron chi connectivity index (χ2n) is 6.57. The normalized spacial score (nSPS) is 27.3. The van der Waals surface area contributed by atoms with E-state index in [1.807, 2.05) is 37.3 Å². The highest BCUT2D eigenvalue weighted by Gasteiger charge is 2.53. The first kappa shape index (κ1) is 15.0. The molecule has 1 saturated heterocycles. The molecule has 0 aromatic heterocycles. The molecule has 3 rings (SSSR count). The number of nitrogens with zero attached hydrogens (tertiary/aromatic N) is 1. The zero-order valence-electron chi connectivity index (χ0n) is 12.8. The Balaban J connectivity index is 2.00. The van der Waals surface area contributed by atoms with Crippen LogP contribution in [0.15, 0.2) is 30.3 Å². The number of amides is 1. The first-order valence-electron chi connectivity index (χ1n) is 7.82. The maximum absolute atomic E-state index is 13.1. The van der Waals surface area contributed by atoms with Crippen LogP contribution in [0.2, 0.25) is 0 Å². The minimum Gasteiger partial charge on any atom is -0.480 e. The fourth-order valence-corrected chi connectivity index (χ4v) is 3.80. The summed E-state index contributed by atoms with van der Waals surface area (Å²) in [7, 11) is 0. The van der Waals surface area contributed by atoms with E-state index in [1.54, 1.807) is 4.90 Å². The number of aliphatic carboxylic acids is 1. The first-order valence-corrected chi connectivity index (χ1v) is 7.82. The maximum Gasteiger partial charge on any atom is 0.323 e. The number of carbonyl (C=O) groups is 2. The summed E-state index contributed by atoms with van der Waals surface area (Å²) in [5.41, 5.74) is -0.223. The second kappa shape index (κ2) is 5.39. The van der Waals surface area contributed by atoms with Gasteiger partial charge in [0.2, 0.25) is 5.91 Å². The van der Waals surface area contributed by atoms with E-state index in [-0.39, 0.29) is 12.5 Å². The van der Waals surface area contributed by atoms with Crippen molar-refractivity contribution < 1.29 is 14.7 Å². The Kier molecular flexibility index (Phi) is 3.68. The van der Waals surface area contributed by atoms with Crippen LogP contribution >= 0.6 is 0 Å². The fourth-order valence-electron chi connectivity index (χ4n) is 3.80. The largest absolute Gasteiger partial charge is 0.480 e. The number of hydrogen-bond acceptors (Lipinski definition) is 3. The van der Waals surface area contributed by atoms with Gasteiger partial charge in [-0.3, -0.25) is 9.59 Å². The van der Waals surface area contributed by atoms with Crippen molar-refractivity contribution in [3.63, 3.8) is 0 Å². The van der Waals surface area contributed by atoms with Crippen LogP contribution in [0.4, 0.5) is 0 Å². The van der Waals surface area contributed by atoms with Gasteiger partial charge >= 0.3 is 5.97 Å². The molecule has 118 valence electrons. The Morgan fingerprint density at radius 2 is 1.91 bits per heavy atom. The van der Waals surface area contributed by atoms with E-state index in [0.29, 0.717) is 6.54 Å². The molecule has 2 aliphatic rings. The summed E-state index contributed by atoms with van der Waals surface area (Å²) in [4.78, 5) is 26.0. The van der Waals surface area contributed by atoms with Crippen molar-refractivity contribution in [1.29, 1.82) is 0 Å². The lowest BCUT2D eigenvalue weighted by molar-refractivity contribution is -0.158. The molecule has 1 heterocycles. The van der Waals surface area contributed by atoms with Crippen LogP contribution in [0.3, 0.4) is 0 Å². The average Bonchev–Trinajstić information content (AvgIpc) is 2.99. The third-order valence-electron chi connectivity index (χ3n) is 5.17. The predicted octanol–water partition coefficient (Wildman–Crippen LogP) is 1.73. The van der Waals surface area contributed by atoms with Crippen LogP contribution < -0.4 is 5.32 Å².